The van der Waals surface area contributed by atoms with Crippen LogP contribution in [0.2, 0.25) is 0 Å². The molecule has 0 bridgehead atoms. The maximum atomic E-state index is 14.1. The fourth-order valence-electron chi connectivity index (χ4n) is 2.16. The first-order chi connectivity index (χ1) is 12.0. The molecule has 134 valence electrons. The van der Waals surface area contributed by atoms with Gasteiger partial charge < -0.3 is 25.8 Å². The van der Waals surface area contributed by atoms with Crippen LogP contribution in [-0.4, -0.2) is 31.7 Å². The van der Waals surface area contributed by atoms with Gasteiger partial charge in [-0.25, -0.2) is 9.37 Å². The van der Waals surface area contributed by atoms with Crippen molar-refractivity contribution in [3.63, 3.8) is 0 Å². The number of nitrogens with two attached hydrogens (primary N) is 1. The van der Waals surface area contributed by atoms with Gasteiger partial charge in [-0.15, -0.1) is 0 Å². The number of hydrogen-bond donors (Lipinski definition) is 3. The van der Waals surface area contributed by atoms with Gasteiger partial charge in [0.2, 0.25) is 0 Å². The van der Waals surface area contributed by atoms with E-state index in [9.17, 15) is 9.18 Å². The molecule has 25 heavy (non-hydrogen) atoms. The number of anilines is 3. The standard InChI is InChI=1S/C17H21FN4O3/c1-4-5-20-17-14(18)9-13(15(19)23)16(22-17)21-10-6-11(24-2)8-12(7-10)25-3/h6-9H,4-5H2,1-3H3,(H2,19,23)(H2,20,21,22). The third-order valence-corrected chi connectivity index (χ3v) is 3.40. The summed E-state index contributed by atoms with van der Waals surface area (Å²) < 4.78 is 24.5. The van der Waals surface area contributed by atoms with E-state index >= 15 is 0 Å². The van der Waals surface area contributed by atoms with E-state index in [2.05, 4.69) is 15.6 Å². The fourth-order valence-corrected chi connectivity index (χ4v) is 2.16. The number of nitrogens with zero attached hydrogens (tertiary/aromatic N) is 1. The molecule has 1 heterocycles. The van der Waals surface area contributed by atoms with E-state index in [-0.39, 0.29) is 17.2 Å². The van der Waals surface area contributed by atoms with E-state index in [0.717, 1.165) is 12.5 Å². The van der Waals surface area contributed by atoms with E-state index in [0.29, 0.717) is 23.7 Å². The fraction of sp³-hybridized carbons (Fsp3) is 0.294. The summed E-state index contributed by atoms with van der Waals surface area (Å²) in [6.07, 6.45) is 0.800. The average molecular weight is 348 g/mol. The lowest BCUT2D eigenvalue weighted by Gasteiger charge is -2.14. The van der Waals surface area contributed by atoms with Crippen molar-refractivity contribution in [2.75, 3.05) is 31.4 Å². The van der Waals surface area contributed by atoms with Crippen LogP contribution in [0.5, 0.6) is 11.5 Å². The van der Waals surface area contributed by atoms with Gasteiger partial charge in [0.25, 0.3) is 5.91 Å². The van der Waals surface area contributed by atoms with Gasteiger partial charge in [-0.2, -0.15) is 0 Å². The number of nitrogens with one attached hydrogen (secondary N) is 2. The van der Waals surface area contributed by atoms with Crippen molar-refractivity contribution in [1.29, 1.82) is 0 Å². The van der Waals surface area contributed by atoms with Crippen LogP contribution >= 0.6 is 0 Å². The van der Waals surface area contributed by atoms with Crippen molar-refractivity contribution in [2.45, 2.75) is 13.3 Å². The molecule has 1 aromatic heterocycles. The number of carbonyl (C=O) groups is 1. The summed E-state index contributed by atoms with van der Waals surface area (Å²) in [7, 11) is 3.05. The molecule has 8 heteroatoms. The number of primary amides is 1. The summed E-state index contributed by atoms with van der Waals surface area (Å²) in [5, 5.41) is 5.84. The molecule has 1 aromatic carbocycles. The van der Waals surface area contributed by atoms with Gasteiger partial charge in [0.1, 0.15) is 17.3 Å². The summed E-state index contributed by atoms with van der Waals surface area (Å²) >= 11 is 0. The second-order valence-corrected chi connectivity index (χ2v) is 5.23. The monoisotopic (exact) mass is 348 g/mol. The summed E-state index contributed by atoms with van der Waals surface area (Å²) in [6, 6.07) is 6.15. The van der Waals surface area contributed by atoms with Crippen LogP contribution in [0.25, 0.3) is 0 Å². The normalized spacial score (nSPS) is 10.2. The van der Waals surface area contributed by atoms with Gasteiger partial charge in [0.15, 0.2) is 11.6 Å². The second-order valence-electron chi connectivity index (χ2n) is 5.23. The van der Waals surface area contributed by atoms with Crippen molar-refractivity contribution in [2.24, 2.45) is 5.73 Å². The smallest absolute Gasteiger partial charge is 0.252 e. The lowest BCUT2D eigenvalue weighted by atomic mass is 10.2. The zero-order valence-corrected chi connectivity index (χ0v) is 14.4. The number of benzene rings is 1. The number of pyridine rings is 1. The SMILES string of the molecule is CCCNc1nc(Nc2cc(OC)cc(OC)c2)c(C(N)=O)cc1F. The first-order valence-electron chi connectivity index (χ1n) is 7.72. The van der Waals surface area contributed by atoms with Crippen LogP contribution < -0.4 is 25.8 Å². The number of aromatic nitrogens is 1. The quantitative estimate of drug-likeness (QED) is 0.678. The van der Waals surface area contributed by atoms with E-state index < -0.39 is 11.7 Å². The molecule has 0 aliphatic carbocycles. The highest BCUT2D eigenvalue weighted by Gasteiger charge is 2.16. The van der Waals surface area contributed by atoms with Crippen molar-refractivity contribution in [3.8, 4) is 11.5 Å². The zero-order chi connectivity index (χ0) is 18.4. The molecule has 0 fully saturated rings. The summed E-state index contributed by atoms with van der Waals surface area (Å²) in [5.74, 6) is -0.142. The topological polar surface area (TPSA) is 98.5 Å². The first kappa shape index (κ1) is 18.3. The highest BCUT2D eigenvalue weighted by molar-refractivity contribution is 5.98. The Bertz CT molecular complexity index is 746. The van der Waals surface area contributed by atoms with Gasteiger partial charge in [0, 0.05) is 30.4 Å². The Morgan fingerprint density at radius 3 is 2.32 bits per heavy atom. The van der Waals surface area contributed by atoms with Crippen LogP contribution in [-0.2, 0) is 0 Å². The number of methoxy groups -OCH3 is 2. The molecule has 0 aliphatic heterocycles. The summed E-state index contributed by atoms with van der Waals surface area (Å²) in [6.45, 7) is 2.50. The molecule has 0 atom stereocenters. The van der Waals surface area contributed by atoms with E-state index in [1.165, 1.54) is 14.2 Å². The summed E-state index contributed by atoms with van der Waals surface area (Å²) in [4.78, 5) is 15.8. The number of amides is 1. The van der Waals surface area contributed by atoms with Gasteiger partial charge in [-0.3, -0.25) is 4.79 Å². The first-order valence-corrected chi connectivity index (χ1v) is 7.72. The molecule has 0 spiro atoms. The Labute approximate surface area is 145 Å². The Kier molecular flexibility index (Phi) is 5.99. The molecule has 2 aromatic rings. The minimum atomic E-state index is -0.786. The van der Waals surface area contributed by atoms with Crippen molar-refractivity contribution in [1.82, 2.24) is 4.98 Å². The van der Waals surface area contributed by atoms with E-state index in [1.807, 2.05) is 6.92 Å². The van der Waals surface area contributed by atoms with Gasteiger partial charge in [-0.05, 0) is 12.5 Å². The van der Waals surface area contributed by atoms with Crippen molar-refractivity contribution < 1.29 is 18.7 Å². The van der Waals surface area contributed by atoms with Crippen molar-refractivity contribution >= 4 is 23.2 Å². The molecular weight excluding hydrogens is 327 g/mol. The number of rotatable bonds is 8. The second kappa shape index (κ2) is 8.18. The van der Waals surface area contributed by atoms with Gasteiger partial charge in [0.05, 0.1) is 19.8 Å². The molecule has 7 nitrogen and oxygen atoms in total. The lowest BCUT2D eigenvalue weighted by molar-refractivity contribution is 0.100. The minimum Gasteiger partial charge on any atom is -0.497 e. The number of ether oxygens (including phenoxy) is 2. The minimum absolute atomic E-state index is 0.0456. The van der Waals surface area contributed by atoms with Gasteiger partial charge >= 0.3 is 0 Å². The molecule has 0 saturated heterocycles. The molecule has 0 unspecified atom stereocenters. The predicted molar refractivity (Wildman–Crippen MR) is 94.3 cm³/mol. The van der Waals surface area contributed by atoms with E-state index in [1.54, 1.807) is 18.2 Å². The third-order valence-electron chi connectivity index (χ3n) is 3.40. The lowest BCUT2D eigenvalue weighted by Crippen LogP contribution is -2.16. The average Bonchev–Trinajstić information content (AvgIpc) is 2.61. The maximum absolute atomic E-state index is 14.1. The van der Waals surface area contributed by atoms with Crippen molar-refractivity contribution in [3.05, 3.63) is 35.6 Å². The maximum Gasteiger partial charge on any atom is 0.252 e. The Hall–Kier alpha value is -3.03. The molecule has 4 N–H and O–H groups in total. The molecule has 0 radical (unpaired) electrons. The molecule has 0 aliphatic rings. The number of halogens is 1. The number of hydrogen-bond acceptors (Lipinski definition) is 6. The predicted octanol–water partition coefficient (Wildman–Crippen LogP) is 2.90. The zero-order valence-electron chi connectivity index (χ0n) is 14.4. The van der Waals surface area contributed by atoms with Crippen LogP contribution in [0.1, 0.15) is 23.7 Å². The molecular formula is C17H21FN4O3. The molecule has 1 amide bonds. The van der Waals surface area contributed by atoms with Crippen LogP contribution in [0.4, 0.5) is 21.7 Å². The van der Waals surface area contributed by atoms with Gasteiger partial charge in [-0.1, -0.05) is 6.92 Å². The van der Waals surface area contributed by atoms with Crippen LogP contribution in [0, 0.1) is 5.82 Å². The largest absolute Gasteiger partial charge is 0.497 e. The molecule has 2 rings (SSSR count). The van der Waals surface area contributed by atoms with Crippen LogP contribution in [0.15, 0.2) is 24.3 Å². The highest BCUT2D eigenvalue weighted by atomic mass is 19.1. The van der Waals surface area contributed by atoms with Crippen LogP contribution in [0.3, 0.4) is 0 Å². The van der Waals surface area contributed by atoms with E-state index in [4.69, 9.17) is 15.2 Å². The highest BCUT2D eigenvalue weighted by Crippen LogP contribution is 2.29. The third kappa shape index (κ3) is 4.50. The summed E-state index contributed by atoms with van der Waals surface area (Å²) in [5.41, 5.74) is 5.84. The molecule has 0 saturated carbocycles. The Morgan fingerprint density at radius 1 is 1.16 bits per heavy atom. The number of carbonyl (C=O) groups excluding carboxylic acids is 1. The Balaban J connectivity index is 2.44. The Morgan fingerprint density at radius 2 is 1.80 bits per heavy atom.